The maximum atomic E-state index is 12.3. The highest BCUT2D eigenvalue weighted by atomic mass is 16.2. The smallest absolute Gasteiger partial charge is 0.238 e. The minimum Gasteiger partial charge on any atom is -0.368 e. The third kappa shape index (κ3) is 4.30. The first-order valence-electron chi connectivity index (χ1n) is 8.09. The number of anilines is 1. The van der Waals surface area contributed by atoms with E-state index in [1.54, 1.807) is 0 Å². The van der Waals surface area contributed by atoms with Gasteiger partial charge < -0.3 is 16.4 Å². The highest BCUT2D eigenvalue weighted by Gasteiger charge is 2.37. The molecule has 0 bridgehead atoms. The second-order valence-electron chi connectivity index (χ2n) is 6.34. The first kappa shape index (κ1) is 17.4. The molecule has 6 nitrogen and oxygen atoms in total. The van der Waals surface area contributed by atoms with Gasteiger partial charge in [-0.15, -0.1) is 0 Å². The van der Waals surface area contributed by atoms with E-state index in [-0.39, 0.29) is 12.5 Å². The van der Waals surface area contributed by atoms with Crippen molar-refractivity contribution in [3.8, 4) is 0 Å². The van der Waals surface area contributed by atoms with E-state index < -0.39 is 11.4 Å². The van der Waals surface area contributed by atoms with Gasteiger partial charge in [-0.3, -0.25) is 14.9 Å². The van der Waals surface area contributed by atoms with Crippen LogP contribution in [-0.4, -0.2) is 37.0 Å². The summed E-state index contributed by atoms with van der Waals surface area (Å²) in [7, 11) is 0. The van der Waals surface area contributed by atoms with Crippen LogP contribution in [0.2, 0.25) is 0 Å². The molecule has 126 valence electrons. The highest BCUT2D eigenvalue weighted by Crippen LogP contribution is 2.23. The van der Waals surface area contributed by atoms with Gasteiger partial charge in [-0.25, -0.2) is 0 Å². The van der Waals surface area contributed by atoms with Crippen LogP contribution < -0.4 is 21.7 Å². The molecule has 1 heterocycles. The Morgan fingerprint density at radius 3 is 2.52 bits per heavy atom. The van der Waals surface area contributed by atoms with E-state index >= 15 is 0 Å². The standard InChI is InChI=1S/C17H26N4O2/c1-12(2)13-5-3-4-6-14(13)21-15(22)11-20-17(16(18)23)7-9-19-10-8-17/h3-6,12,19-20H,7-11H2,1-2H3,(H2,18,23)(H,21,22). The highest BCUT2D eigenvalue weighted by molar-refractivity contribution is 5.94. The van der Waals surface area contributed by atoms with Gasteiger partial charge in [0.15, 0.2) is 0 Å². The van der Waals surface area contributed by atoms with Gasteiger partial charge in [-0.05, 0) is 43.5 Å². The van der Waals surface area contributed by atoms with Crippen molar-refractivity contribution in [2.45, 2.75) is 38.1 Å². The number of benzene rings is 1. The van der Waals surface area contributed by atoms with E-state index in [9.17, 15) is 9.59 Å². The van der Waals surface area contributed by atoms with E-state index in [4.69, 9.17) is 5.73 Å². The molecule has 1 aromatic rings. The molecule has 0 aliphatic carbocycles. The van der Waals surface area contributed by atoms with Crippen LogP contribution in [0.4, 0.5) is 5.69 Å². The summed E-state index contributed by atoms with van der Waals surface area (Å²) < 4.78 is 0. The molecular formula is C17H26N4O2. The van der Waals surface area contributed by atoms with Crippen molar-refractivity contribution in [2.75, 3.05) is 25.0 Å². The Hall–Kier alpha value is -1.92. The van der Waals surface area contributed by atoms with Crippen LogP contribution in [0.5, 0.6) is 0 Å². The molecule has 2 rings (SSSR count). The predicted octanol–water partition coefficient (Wildman–Crippen LogP) is 0.946. The summed E-state index contributed by atoms with van der Waals surface area (Å²) in [4.78, 5) is 24.0. The summed E-state index contributed by atoms with van der Waals surface area (Å²) in [5.41, 5.74) is 6.66. The Labute approximate surface area is 137 Å². The van der Waals surface area contributed by atoms with E-state index in [0.29, 0.717) is 31.8 Å². The van der Waals surface area contributed by atoms with Crippen LogP contribution in [0, 0.1) is 0 Å². The number of nitrogens with one attached hydrogen (secondary N) is 3. The van der Waals surface area contributed by atoms with Gasteiger partial charge in [0.2, 0.25) is 11.8 Å². The maximum Gasteiger partial charge on any atom is 0.238 e. The molecule has 0 unspecified atom stereocenters. The summed E-state index contributed by atoms with van der Waals surface area (Å²) in [6.45, 7) is 5.66. The van der Waals surface area contributed by atoms with E-state index in [0.717, 1.165) is 11.3 Å². The van der Waals surface area contributed by atoms with E-state index in [1.165, 1.54) is 0 Å². The van der Waals surface area contributed by atoms with Gasteiger partial charge in [0.05, 0.1) is 6.54 Å². The summed E-state index contributed by atoms with van der Waals surface area (Å²) in [6.07, 6.45) is 1.19. The van der Waals surface area contributed by atoms with Gasteiger partial charge in [-0.1, -0.05) is 32.0 Å². The number of amides is 2. The predicted molar refractivity (Wildman–Crippen MR) is 91.2 cm³/mol. The molecule has 0 aromatic heterocycles. The zero-order valence-electron chi connectivity index (χ0n) is 13.8. The van der Waals surface area contributed by atoms with Gasteiger partial charge in [0.25, 0.3) is 0 Å². The molecule has 1 aliphatic heterocycles. The average molecular weight is 318 g/mol. The number of para-hydroxylation sites is 1. The number of hydrogen-bond donors (Lipinski definition) is 4. The molecule has 0 saturated carbocycles. The lowest BCUT2D eigenvalue weighted by atomic mass is 9.87. The lowest BCUT2D eigenvalue weighted by Crippen LogP contribution is -2.61. The van der Waals surface area contributed by atoms with Crippen molar-refractivity contribution in [1.29, 1.82) is 0 Å². The van der Waals surface area contributed by atoms with E-state index in [1.807, 2.05) is 24.3 Å². The minimum absolute atomic E-state index is 0.0649. The minimum atomic E-state index is -0.792. The molecular weight excluding hydrogens is 292 g/mol. The van der Waals surface area contributed by atoms with Crippen LogP contribution in [0.1, 0.15) is 38.2 Å². The third-order valence-electron chi connectivity index (χ3n) is 4.37. The molecule has 0 spiro atoms. The number of rotatable bonds is 6. The topological polar surface area (TPSA) is 96.2 Å². The molecule has 6 heteroatoms. The SMILES string of the molecule is CC(C)c1ccccc1NC(=O)CNC1(C(N)=O)CCNCC1. The summed E-state index contributed by atoms with van der Waals surface area (Å²) in [5, 5.41) is 9.19. The second kappa shape index (κ2) is 7.57. The molecule has 23 heavy (non-hydrogen) atoms. The van der Waals surface area contributed by atoms with Crippen molar-refractivity contribution in [3.63, 3.8) is 0 Å². The normalized spacial score (nSPS) is 17.0. The van der Waals surface area contributed by atoms with Gasteiger partial charge in [-0.2, -0.15) is 0 Å². The largest absolute Gasteiger partial charge is 0.368 e. The van der Waals surface area contributed by atoms with Crippen molar-refractivity contribution in [1.82, 2.24) is 10.6 Å². The second-order valence-corrected chi connectivity index (χ2v) is 6.34. The van der Waals surface area contributed by atoms with Gasteiger partial charge >= 0.3 is 0 Å². The number of hydrogen-bond acceptors (Lipinski definition) is 4. The van der Waals surface area contributed by atoms with Crippen LogP contribution in [-0.2, 0) is 9.59 Å². The first-order chi connectivity index (χ1) is 10.9. The number of piperidine rings is 1. The fraction of sp³-hybridized carbons (Fsp3) is 0.529. The average Bonchev–Trinajstić information content (AvgIpc) is 2.54. The maximum absolute atomic E-state index is 12.3. The van der Waals surface area contributed by atoms with Crippen LogP contribution in [0.15, 0.2) is 24.3 Å². The van der Waals surface area contributed by atoms with Gasteiger partial charge in [0, 0.05) is 5.69 Å². The lowest BCUT2D eigenvalue weighted by Gasteiger charge is -2.35. The van der Waals surface area contributed by atoms with Crippen LogP contribution in [0.3, 0.4) is 0 Å². The first-order valence-corrected chi connectivity index (χ1v) is 8.09. The van der Waals surface area contributed by atoms with Crippen LogP contribution >= 0.6 is 0 Å². The third-order valence-corrected chi connectivity index (χ3v) is 4.37. The Morgan fingerprint density at radius 1 is 1.26 bits per heavy atom. The molecule has 0 radical (unpaired) electrons. The Bertz CT molecular complexity index is 565. The number of carbonyl (C=O) groups is 2. The van der Waals surface area contributed by atoms with Crippen LogP contribution in [0.25, 0.3) is 0 Å². The monoisotopic (exact) mass is 318 g/mol. The lowest BCUT2D eigenvalue weighted by molar-refractivity contribution is -0.126. The molecule has 2 amide bonds. The van der Waals surface area contributed by atoms with Crippen molar-refractivity contribution >= 4 is 17.5 Å². The molecule has 1 aromatic carbocycles. The molecule has 1 aliphatic rings. The zero-order chi connectivity index (χ0) is 16.9. The van der Waals surface area contributed by atoms with Gasteiger partial charge in [0.1, 0.15) is 5.54 Å². The number of carbonyl (C=O) groups excluding carboxylic acids is 2. The van der Waals surface area contributed by atoms with Crippen molar-refractivity contribution in [3.05, 3.63) is 29.8 Å². The Balaban J connectivity index is 1.98. The Kier molecular flexibility index (Phi) is 5.74. The van der Waals surface area contributed by atoms with Crippen molar-refractivity contribution in [2.24, 2.45) is 5.73 Å². The zero-order valence-corrected chi connectivity index (χ0v) is 13.8. The molecule has 1 fully saturated rings. The summed E-state index contributed by atoms with van der Waals surface area (Å²) in [6, 6.07) is 7.75. The molecule has 0 atom stereocenters. The number of nitrogens with two attached hydrogens (primary N) is 1. The van der Waals surface area contributed by atoms with E-state index in [2.05, 4.69) is 29.8 Å². The molecule has 1 saturated heterocycles. The number of primary amides is 1. The van der Waals surface area contributed by atoms with Crippen molar-refractivity contribution < 1.29 is 9.59 Å². The Morgan fingerprint density at radius 2 is 1.91 bits per heavy atom. The fourth-order valence-corrected chi connectivity index (χ4v) is 2.92. The fourth-order valence-electron chi connectivity index (χ4n) is 2.92. The quantitative estimate of drug-likeness (QED) is 0.628. The summed E-state index contributed by atoms with van der Waals surface area (Å²) in [5.74, 6) is -0.243. The summed E-state index contributed by atoms with van der Waals surface area (Å²) >= 11 is 0. The molecule has 5 N–H and O–H groups in total.